The number of rotatable bonds is 6. The summed E-state index contributed by atoms with van der Waals surface area (Å²) in [6, 6.07) is 22.7. The van der Waals surface area contributed by atoms with Crippen molar-refractivity contribution in [2.75, 3.05) is 43.4 Å². The molecule has 6 heteroatoms. The Morgan fingerprint density at radius 3 is 2.27 bits per heavy atom. The number of likely N-dealkylation sites (N-methyl/N-ethyl adjacent to an activating group) is 1. The molecule has 0 atom stereocenters. The molecule has 2 amide bonds. The quantitative estimate of drug-likeness (QED) is 0.607. The average molecular weight is 443 g/mol. The van der Waals surface area contributed by atoms with E-state index in [0.29, 0.717) is 23.4 Å². The van der Waals surface area contributed by atoms with Crippen LogP contribution in [0.15, 0.2) is 72.8 Å². The highest BCUT2D eigenvalue weighted by Crippen LogP contribution is 2.22. The predicted molar refractivity (Wildman–Crippen MR) is 133 cm³/mol. The standard InChI is InChI=1S/C27H30N4O2/c1-20-12-13-22(18-24(20)29-27(33)21-8-4-3-5-9-21)26(32)28-19-23-10-6-7-11-25(23)31-16-14-30(2)15-17-31/h3-13,18H,14-17,19H2,1-2H3,(H,28,32)(H,29,33). The summed E-state index contributed by atoms with van der Waals surface area (Å²) in [5, 5.41) is 5.97. The van der Waals surface area contributed by atoms with E-state index in [2.05, 4.69) is 39.6 Å². The molecule has 1 fully saturated rings. The maximum atomic E-state index is 12.9. The van der Waals surface area contributed by atoms with Gasteiger partial charge >= 0.3 is 0 Å². The van der Waals surface area contributed by atoms with Crippen molar-refractivity contribution < 1.29 is 9.59 Å². The molecule has 1 heterocycles. The highest BCUT2D eigenvalue weighted by atomic mass is 16.2. The number of anilines is 2. The topological polar surface area (TPSA) is 64.7 Å². The Labute approximate surface area is 195 Å². The van der Waals surface area contributed by atoms with Crippen LogP contribution in [0.25, 0.3) is 0 Å². The van der Waals surface area contributed by atoms with Crippen molar-refractivity contribution in [3.05, 3.63) is 95.1 Å². The van der Waals surface area contributed by atoms with E-state index in [4.69, 9.17) is 0 Å². The molecule has 170 valence electrons. The summed E-state index contributed by atoms with van der Waals surface area (Å²) in [4.78, 5) is 30.2. The van der Waals surface area contributed by atoms with Crippen molar-refractivity contribution in [3.8, 4) is 0 Å². The second-order valence-corrected chi connectivity index (χ2v) is 8.45. The van der Waals surface area contributed by atoms with Gasteiger partial charge in [-0.3, -0.25) is 9.59 Å². The Balaban J connectivity index is 1.43. The zero-order valence-electron chi connectivity index (χ0n) is 19.2. The molecule has 4 rings (SSSR count). The van der Waals surface area contributed by atoms with Crippen LogP contribution in [-0.4, -0.2) is 49.9 Å². The van der Waals surface area contributed by atoms with E-state index in [1.807, 2.05) is 43.3 Å². The number of para-hydroxylation sites is 1. The highest BCUT2D eigenvalue weighted by molar-refractivity contribution is 6.05. The number of hydrogen-bond donors (Lipinski definition) is 2. The van der Waals surface area contributed by atoms with Gasteiger partial charge in [0.2, 0.25) is 0 Å². The number of amides is 2. The molecule has 0 saturated carbocycles. The van der Waals surface area contributed by atoms with E-state index >= 15 is 0 Å². The molecule has 1 aliphatic heterocycles. The van der Waals surface area contributed by atoms with Crippen molar-refractivity contribution in [1.29, 1.82) is 0 Å². The molecule has 0 aromatic heterocycles. The predicted octanol–water partition coefficient (Wildman–Crippen LogP) is 3.93. The molecule has 0 bridgehead atoms. The first-order chi connectivity index (χ1) is 16.0. The Morgan fingerprint density at radius 1 is 0.818 bits per heavy atom. The Morgan fingerprint density at radius 2 is 1.52 bits per heavy atom. The zero-order valence-corrected chi connectivity index (χ0v) is 19.2. The Kier molecular flexibility index (Phi) is 7.05. The van der Waals surface area contributed by atoms with E-state index in [9.17, 15) is 9.59 Å². The summed E-state index contributed by atoms with van der Waals surface area (Å²) in [6.45, 7) is 6.37. The molecule has 3 aromatic carbocycles. The lowest BCUT2D eigenvalue weighted by atomic mass is 10.1. The first-order valence-corrected chi connectivity index (χ1v) is 11.3. The molecule has 0 radical (unpaired) electrons. The SMILES string of the molecule is Cc1ccc(C(=O)NCc2ccccc2N2CCN(C)CC2)cc1NC(=O)c1ccccc1. The van der Waals surface area contributed by atoms with E-state index in [1.54, 1.807) is 24.3 Å². The number of nitrogens with zero attached hydrogens (tertiary/aromatic N) is 2. The van der Waals surface area contributed by atoms with Crippen LogP contribution in [0.4, 0.5) is 11.4 Å². The molecular weight excluding hydrogens is 412 g/mol. The second kappa shape index (κ2) is 10.3. The van der Waals surface area contributed by atoms with Gasteiger partial charge in [-0.05, 0) is 55.4 Å². The molecular formula is C27H30N4O2. The summed E-state index contributed by atoms with van der Waals surface area (Å²) in [6.07, 6.45) is 0. The van der Waals surface area contributed by atoms with Crippen LogP contribution in [-0.2, 0) is 6.54 Å². The highest BCUT2D eigenvalue weighted by Gasteiger charge is 2.17. The third kappa shape index (κ3) is 5.59. The van der Waals surface area contributed by atoms with Gasteiger partial charge in [-0.2, -0.15) is 0 Å². The van der Waals surface area contributed by atoms with Gasteiger partial charge in [0.1, 0.15) is 0 Å². The van der Waals surface area contributed by atoms with Gasteiger partial charge in [-0.25, -0.2) is 0 Å². The van der Waals surface area contributed by atoms with Gasteiger partial charge in [-0.1, -0.05) is 42.5 Å². The number of piperazine rings is 1. The van der Waals surface area contributed by atoms with Crippen LogP contribution in [0.3, 0.4) is 0 Å². The minimum atomic E-state index is -0.197. The molecule has 0 unspecified atom stereocenters. The van der Waals surface area contributed by atoms with E-state index in [0.717, 1.165) is 37.3 Å². The fourth-order valence-corrected chi connectivity index (χ4v) is 3.98. The molecule has 3 aromatic rings. The van der Waals surface area contributed by atoms with E-state index in [1.165, 1.54) is 5.69 Å². The minimum absolute atomic E-state index is 0.168. The van der Waals surface area contributed by atoms with Crippen LogP contribution >= 0.6 is 0 Å². The third-order valence-corrected chi connectivity index (χ3v) is 6.06. The number of benzene rings is 3. The lowest BCUT2D eigenvalue weighted by Crippen LogP contribution is -2.45. The molecule has 0 aliphatic carbocycles. The largest absolute Gasteiger partial charge is 0.369 e. The maximum absolute atomic E-state index is 12.9. The molecule has 6 nitrogen and oxygen atoms in total. The van der Waals surface area contributed by atoms with Crippen molar-refractivity contribution in [2.24, 2.45) is 0 Å². The van der Waals surface area contributed by atoms with Crippen molar-refractivity contribution in [1.82, 2.24) is 10.2 Å². The van der Waals surface area contributed by atoms with Crippen molar-refractivity contribution in [3.63, 3.8) is 0 Å². The molecule has 1 saturated heterocycles. The van der Waals surface area contributed by atoms with Gasteiger partial charge in [0.15, 0.2) is 0 Å². The lowest BCUT2D eigenvalue weighted by molar-refractivity contribution is 0.0949. The monoisotopic (exact) mass is 442 g/mol. The number of hydrogen-bond acceptors (Lipinski definition) is 4. The number of carbonyl (C=O) groups is 2. The maximum Gasteiger partial charge on any atom is 0.255 e. The first kappa shape index (κ1) is 22.6. The molecule has 2 N–H and O–H groups in total. The molecule has 0 spiro atoms. The van der Waals surface area contributed by atoms with E-state index in [-0.39, 0.29) is 11.8 Å². The molecule has 1 aliphatic rings. The lowest BCUT2D eigenvalue weighted by Gasteiger charge is -2.35. The zero-order chi connectivity index (χ0) is 23.2. The Bertz CT molecular complexity index is 1120. The van der Waals surface area contributed by atoms with Crippen molar-refractivity contribution in [2.45, 2.75) is 13.5 Å². The normalized spacial score (nSPS) is 14.1. The summed E-state index contributed by atoms with van der Waals surface area (Å²) < 4.78 is 0. The van der Waals surface area contributed by atoms with Crippen LogP contribution in [0.1, 0.15) is 31.8 Å². The third-order valence-electron chi connectivity index (χ3n) is 6.06. The van der Waals surface area contributed by atoms with Crippen LogP contribution in [0, 0.1) is 6.92 Å². The van der Waals surface area contributed by atoms with Gasteiger partial charge < -0.3 is 20.4 Å². The summed E-state index contributed by atoms with van der Waals surface area (Å²) in [7, 11) is 2.14. The summed E-state index contributed by atoms with van der Waals surface area (Å²) in [5.74, 6) is -0.365. The Hall–Kier alpha value is -3.64. The fourth-order valence-electron chi connectivity index (χ4n) is 3.98. The average Bonchev–Trinajstić information content (AvgIpc) is 2.85. The summed E-state index contributed by atoms with van der Waals surface area (Å²) >= 11 is 0. The van der Waals surface area contributed by atoms with Crippen LogP contribution in [0.2, 0.25) is 0 Å². The van der Waals surface area contributed by atoms with Crippen LogP contribution < -0.4 is 15.5 Å². The smallest absolute Gasteiger partial charge is 0.255 e. The fraction of sp³-hybridized carbons (Fsp3) is 0.259. The first-order valence-electron chi connectivity index (χ1n) is 11.3. The van der Waals surface area contributed by atoms with Gasteiger partial charge in [-0.15, -0.1) is 0 Å². The van der Waals surface area contributed by atoms with E-state index < -0.39 is 0 Å². The van der Waals surface area contributed by atoms with Crippen molar-refractivity contribution >= 4 is 23.2 Å². The number of aryl methyl sites for hydroxylation is 1. The summed E-state index contributed by atoms with van der Waals surface area (Å²) in [5.41, 5.74) is 4.89. The van der Waals surface area contributed by atoms with Crippen LogP contribution in [0.5, 0.6) is 0 Å². The molecule has 33 heavy (non-hydrogen) atoms. The minimum Gasteiger partial charge on any atom is -0.369 e. The van der Waals surface area contributed by atoms with Gasteiger partial charge in [0.05, 0.1) is 0 Å². The second-order valence-electron chi connectivity index (χ2n) is 8.45. The van der Waals surface area contributed by atoms with Gasteiger partial charge in [0.25, 0.3) is 11.8 Å². The number of carbonyl (C=O) groups excluding carboxylic acids is 2. The van der Waals surface area contributed by atoms with Gasteiger partial charge in [0, 0.05) is 55.2 Å². The number of nitrogens with one attached hydrogen (secondary N) is 2.